The van der Waals surface area contributed by atoms with E-state index in [0.717, 1.165) is 21.7 Å². The van der Waals surface area contributed by atoms with Crippen LogP contribution in [0.25, 0.3) is 6.08 Å². The predicted octanol–water partition coefficient (Wildman–Crippen LogP) is 4.61. The van der Waals surface area contributed by atoms with E-state index in [1.165, 1.54) is 17.4 Å². The summed E-state index contributed by atoms with van der Waals surface area (Å²) >= 11 is 13.9. The molecule has 3 aromatic rings. The molecule has 2 amide bonds. The Kier molecular flexibility index (Phi) is 6.98. The van der Waals surface area contributed by atoms with Crippen molar-refractivity contribution < 1.29 is 9.59 Å². The topological polar surface area (TPSA) is 58.4 Å². The fraction of sp³-hybridized carbons (Fsp3) is 0.261. The van der Waals surface area contributed by atoms with Crippen molar-refractivity contribution in [2.24, 2.45) is 0 Å². The third-order valence-electron chi connectivity index (χ3n) is 5.36. The number of hydrogen-bond acceptors (Lipinski definition) is 4. The van der Waals surface area contributed by atoms with Crippen molar-refractivity contribution in [3.63, 3.8) is 0 Å². The van der Waals surface area contributed by atoms with E-state index in [2.05, 4.69) is 5.10 Å². The number of benzene rings is 1. The molecule has 2 aromatic heterocycles. The van der Waals surface area contributed by atoms with Crippen LogP contribution < -0.4 is 0 Å². The van der Waals surface area contributed by atoms with E-state index in [-0.39, 0.29) is 11.8 Å². The molecule has 1 fully saturated rings. The highest BCUT2D eigenvalue weighted by Gasteiger charge is 2.24. The summed E-state index contributed by atoms with van der Waals surface area (Å²) in [6, 6.07) is 11.2. The van der Waals surface area contributed by atoms with E-state index in [4.69, 9.17) is 23.2 Å². The first-order valence-corrected chi connectivity index (χ1v) is 11.8. The Morgan fingerprint density at radius 2 is 1.75 bits per heavy atom. The molecule has 166 valence electrons. The lowest BCUT2D eigenvalue weighted by molar-refractivity contribution is -0.127. The second-order valence-corrected chi connectivity index (χ2v) is 9.24. The van der Waals surface area contributed by atoms with Crippen molar-refractivity contribution in [2.45, 2.75) is 13.5 Å². The minimum Gasteiger partial charge on any atom is -0.336 e. The van der Waals surface area contributed by atoms with Crippen LogP contribution in [0.2, 0.25) is 10.2 Å². The van der Waals surface area contributed by atoms with Crippen LogP contribution >= 0.6 is 34.5 Å². The number of amides is 2. The van der Waals surface area contributed by atoms with Gasteiger partial charge in [0.05, 0.1) is 17.1 Å². The van der Waals surface area contributed by atoms with Crippen molar-refractivity contribution in [2.75, 3.05) is 26.2 Å². The molecule has 9 heteroatoms. The first-order valence-electron chi connectivity index (χ1n) is 10.2. The van der Waals surface area contributed by atoms with Gasteiger partial charge in [-0.25, -0.2) is 4.68 Å². The van der Waals surface area contributed by atoms with E-state index < -0.39 is 0 Å². The zero-order valence-corrected chi connectivity index (χ0v) is 19.8. The van der Waals surface area contributed by atoms with Crippen LogP contribution in [-0.2, 0) is 11.3 Å². The molecule has 1 aliphatic heterocycles. The summed E-state index contributed by atoms with van der Waals surface area (Å²) in [5.41, 5.74) is 2.50. The van der Waals surface area contributed by atoms with Crippen LogP contribution in [0.5, 0.6) is 0 Å². The van der Waals surface area contributed by atoms with Gasteiger partial charge >= 0.3 is 0 Å². The Labute approximate surface area is 200 Å². The number of aromatic nitrogens is 2. The summed E-state index contributed by atoms with van der Waals surface area (Å²) in [6.45, 7) is 4.43. The van der Waals surface area contributed by atoms with Gasteiger partial charge in [-0.1, -0.05) is 41.4 Å². The van der Waals surface area contributed by atoms with E-state index in [1.54, 1.807) is 20.6 Å². The molecule has 0 radical (unpaired) electrons. The monoisotopic (exact) mass is 488 g/mol. The number of piperazine rings is 1. The molecule has 4 rings (SSSR count). The van der Waals surface area contributed by atoms with Crippen LogP contribution in [0.3, 0.4) is 0 Å². The Balaban J connectivity index is 1.37. The van der Waals surface area contributed by atoms with Gasteiger partial charge in [0.2, 0.25) is 5.91 Å². The Hall–Kier alpha value is -2.61. The zero-order chi connectivity index (χ0) is 22.7. The van der Waals surface area contributed by atoms with Crippen molar-refractivity contribution >= 4 is 52.4 Å². The molecule has 32 heavy (non-hydrogen) atoms. The van der Waals surface area contributed by atoms with Crippen LogP contribution in [0.4, 0.5) is 0 Å². The van der Waals surface area contributed by atoms with Crippen LogP contribution in [0.1, 0.15) is 26.5 Å². The summed E-state index contributed by atoms with van der Waals surface area (Å²) in [5.74, 6) is -0.0766. The molecule has 0 saturated carbocycles. The maximum Gasteiger partial charge on any atom is 0.264 e. The van der Waals surface area contributed by atoms with Crippen molar-refractivity contribution in [3.8, 4) is 0 Å². The minimum atomic E-state index is -0.103. The minimum absolute atomic E-state index is 0.0261. The zero-order valence-electron chi connectivity index (χ0n) is 17.5. The number of halogens is 2. The average molecular weight is 489 g/mol. The molecule has 0 spiro atoms. The third-order valence-corrected chi connectivity index (χ3v) is 6.87. The molecular weight excluding hydrogens is 467 g/mol. The number of hydrogen-bond donors (Lipinski definition) is 0. The normalized spacial score (nSPS) is 14.3. The van der Waals surface area contributed by atoms with E-state index >= 15 is 0 Å². The molecule has 0 atom stereocenters. The number of rotatable bonds is 5. The molecule has 0 aliphatic carbocycles. The SMILES string of the molecule is Cc1nn(Cc2ccc(Cl)cc2)c(Cl)c1/C=C/C(=O)N1CCN(C(=O)c2cccs2)CC1. The fourth-order valence-electron chi connectivity index (χ4n) is 3.57. The number of thiophene rings is 1. The largest absolute Gasteiger partial charge is 0.336 e. The average Bonchev–Trinajstić information content (AvgIpc) is 3.42. The van der Waals surface area contributed by atoms with Crippen molar-refractivity contribution in [3.05, 3.63) is 79.7 Å². The molecule has 1 aliphatic rings. The summed E-state index contributed by atoms with van der Waals surface area (Å²) < 4.78 is 1.71. The molecular formula is C23H22Cl2N4O2S. The molecule has 1 saturated heterocycles. The lowest BCUT2D eigenvalue weighted by atomic mass is 10.2. The summed E-state index contributed by atoms with van der Waals surface area (Å²) in [4.78, 5) is 29.4. The van der Waals surface area contributed by atoms with Gasteiger partial charge in [-0.15, -0.1) is 11.3 Å². The standard InChI is InChI=1S/C23H22Cl2N4O2S/c1-16-19(22(25)29(26-16)15-17-4-6-18(24)7-5-17)8-9-21(30)27-10-12-28(13-11-27)23(31)20-3-2-14-32-20/h2-9,14H,10-13,15H2,1H3/b9-8+. The van der Waals surface area contributed by atoms with Crippen molar-refractivity contribution in [1.82, 2.24) is 19.6 Å². The lowest BCUT2D eigenvalue weighted by Crippen LogP contribution is -2.50. The molecule has 0 bridgehead atoms. The number of nitrogens with zero attached hydrogens (tertiary/aromatic N) is 4. The first kappa shape index (κ1) is 22.6. The van der Waals surface area contributed by atoms with Crippen LogP contribution in [0, 0.1) is 6.92 Å². The van der Waals surface area contributed by atoms with E-state index in [0.29, 0.717) is 42.9 Å². The quantitative estimate of drug-likeness (QED) is 0.492. The van der Waals surface area contributed by atoms with E-state index in [1.807, 2.05) is 48.7 Å². The Morgan fingerprint density at radius 1 is 1.06 bits per heavy atom. The lowest BCUT2D eigenvalue weighted by Gasteiger charge is -2.34. The molecule has 6 nitrogen and oxygen atoms in total. The molecule has 3 heterocycles. The highest BCUT2D eigenvalue weighted by molar-refractivity contribution is 7.12. The summed E-state index contributed by atoms with van der Waals surface area (Å²) in [7, 11) is 0. The van der Waals surface area contributed by atoms with Gasteiger partial charge in [-0.2, -0.15) is 5.10 Å². The Morgan fingerprint density at radius 3 is 2.41 bits per heavy atom. The van der Waals surface area contributed by atoms with Gasteiger partial charge in [0.25, 0.3) is 5.91 Å². The molecule has 1 aromatic carbocycles. The summed E-state index contributed by atoms with van der Waals surface area (Å²) in [5, 5.41) is 7.55. The second kappa shape index (κ2) is 9.90. The van der Waals surface area contributed by atoms with Crippen molar-refractivity contribution in [1.29, 1.82) is 0 Å². The predicted molar refractivity (Wildman–Crippen MR) is 128 cm³/mol. The van der Waals surface area contributed by atoms with Gasteiger partial charge in [-0.05, 0) is 42.1 Å². The molecule has 0 unspecified atom stereocenters. The first-order chi connectivity index (χ1) is 15.4. The Bertz CT molecular complexity index is 1130. The van der Waals surface area contributed by atoms with Crippen LogP contribution in [0.15, 0.2) is 47.9 Å². The van der Waals surface area contributed by atoms with Gasteiger partial charge in [0.15, 0.2) is 0 Å². The number of aryl methyl sites for hydroxylation is 1. The van der Waals surface area contributed by atoms with Gasteiger partial charge in [-0.3, -0.25) is 9.59 Å². The maximum atomic E-state index is 12.7. The van der Waals surface area contributed by atoms with Crippen LogP contribution in [-0.4, -0.2) is 57.6 Å². The van der Waals surface area contributed by atoms with E-state index in [9.17, 15) is 9.59 Å². The highest BCUT2D eigenvalue weighted by Crippen LogP contribution is 2.23. The third kappa shape index (κ3) is 5.06. The maximum absolute atomic E-state index is 12.7. The van der Waals surface area contributed by atoms with Gasteiger partial charge in [0, 0.05) is 42.8 Å². The highest BCUT2D eigenvalue weighted by atomic mass is 35.5. The van der Waals surface area contributed by atoms with Gasteiger partial charge < -0.3 is 9.80 Å². The second-order valence-electron chi connectivity index (χ2n) is 7.50. The molecule has 0 N–H and O–H groups in total. The smallest absolute Gasteiger partial charge is 0.264 e. The number of carbonyl (C=O) groups is 2. The number of carbonyl (C=O) groups excluding carboxylic acids is 2. The fourth-order valence-corrected chi connectivity index (χ4v) is 4.68. The summed E-state index contributed by atoms with van der Waals surface area (Å²) in [6.07, 6.45) is 3.24. The van der Waals surface area contributed by atoms with Gasteiger partial charge in [0.1, 0.15) is 5.15 Å².